The van der Waals surface area contributed by atoms with Gasteiger partial charge in [0.2, 0.25) is 0 Å². The van der Waals surface area contributed by atoms with Crippen LogP contribution < -0.4 is 0 Å². The van der Waals surface area contributed by atoms with E-state index >= 15 is 0 Å². The van der Waals surface area contributed by atoms with Crippen LogP contribution in [0.25, 0.3) is 11.3 Å². The van der Waals surface area contributed by atoms with Crippen LogP contribution in [0.3, 0.4) is 0 Å². The molecule has 0 spiro atoms. The second-order valence-corrected chi connectivity index (χ2v) is 5.20. The molecule has 0 aliphatic heterocycles. The molecule has 0 aliphatic carbocycles. The molecule has 0 bridgehead atoms. The fourth-order valence-corrected chi connectivity index (χ4v) is 2.21. The van der Waals surface area contributed by atoms with Crippen LogP contribution in [0.15, 0.2) is 47.1 Å². The zero-order chi connectivity index (χ0) is 13.2. The Morgan fingerprint density at radius 3 is 2.33 bits per heavy atom. The van der Waals surface area contributed by atoms with Crippen molar-refractivity contribution in [3.8, 4) is 11.3 Å². The van der Waals surface area contributed by atoms with Crippen molar-refractivity contribution in [3.63, 3.8) is 0 Å². The van der Waals surface area contributed by atoms with E-state index in [9.17, 15) is 5.11 Å². The first-order valence-corrected chi connectivity index (χ1v) is 6.38. The smallest absolute Gasteiger partial charge is 0.133 e. The van der Waals surface area contributed by atoms with E-state index in [1.54, 1.807) is 6.26 Å². The Bertz CT molecular complexity index is 480. The van der Waals surface area contributed by atoms with Gasteiger partial charge in [-0.05, 0) is 24.1 Å². The van der Waals surface area contributed by atoms with Gasteiger partial charge in [0.1, 0.15) is 5.76 Å². The second-order valence-electron chi connectivity index (χ2n) is 5.20. The van der Waals surface area contributed by atoms with Crippen molar-refractivity contribution in [2.24, 2.45) is 0 Å². The third kappa shape index (κ3) is 2.34. The molecule has 0 radical (unpaired) electrons. The number of hydrogen-bond donors (Lipinski definition) is 1. The highest BCUT2D eigenvalue weighted by Crippen LogP contribution is 2.30. The van der Waals surface area contributed by atoms with Crippen molar-refractivity contribution in [2.75, 3.05) is 0 Å². The summed E-state index contributed by atoms with van der Waals surface area (Å²) in [6.45, 7) is 6.15. The molecular formula is C16H20O2. The summed E-state index contributed by atoms with van der Waals surface area (Å²) in [6.07, 6.45) is 2.10. The molecule has 1 unspecified atom stereocenters. The average Bonchev–Trinajstić information content (AvgIpc) is 2.91. The van der Waals surface area contributed by atoms with E-state index in [1.807, 2.05) is 31.2 Å². The first-order valence-electron chi connectivity index (χ1n) is 6.38. The van der Waals surface area contributed by atoms with Crippen LogP contribution in [0, 0.1) is 0 Å². The largest absolute Gasteiger partial charge is 0.464 e. The van der Waals surface area contributed by atoms with Gasteiger partial charge in [-0.15, -0.1) is 0 Å². The topological polar surface area (TPSA) is 33.4 Å². The second kappa shape index (κ2) is 4.99. The molecule has 0 amide bonds. The maximum absolute atomic E-state index is 10.1. The Morgan fingerprint density at radius 2 is 1.83 bits per heavy atom. The minimum atomic E-state index is -0.327. The molecule has 96 valence electrons. The Balaban J connectivity index is 2.28. The molecule has 1 aromatic heterocycles. The molecule has 1 aromatic carbocycles. The van der Waals surface area contributed by atoms with Gasteiger partial charge in [0, 0.05) is 11.0 Å². The van der Waals surface area contributed by atoms with E-state index in [2.05, 4.69) is 26.0 Å². The summed E-state index contributed by atoms with van der Waals surface area (Å²) in [4.78, 5) is 0. The minimum Gasteiger partial charge on any atom is -0.464 e. The SMILES string of the molecule is CCC(O)C(C)(C)c1ccc(-c2ccco2)cc1. The number of furan rings is 1. The van der Waals surface area contributed by atoms with Crippen LogP contribution in [0.4, 0.5) is 0 Å². The van der Waals surface area contributed by atoms with Gasteiger partial charge >= 0.3 is 0 Å². The van der Waals surface area contributed by atoms with Crippen molar-refractivity contribution in [2.45, 2.75) is 38.7 Å². The zero-order valence-electron chi connectivity index (χ0n) is 11.2. The molecule has 1 atom stereocenters. The van der Waals surface area contributed by atoms with Crippen molar-refractivity contribution in [1.82, 2.24) is 0 Å². The number of hydrogen-bond acceptors (Lipinski definition) is 2. The summed E-state index contributed by atoms with van der Waals surface area (Å²) in [5, 5.41) is 10.1. The van der Waals surface area contributed by atoms with Gasteiger partial charge in [-0.3, -0.25) is 0 Å². The molecular weight excluding hydrogens is 224 g/mol. The van der Waals surface area contributed by atoms with Crippen molar-refractivity contribution < 1.29 is 9.52 Å². The highest BCUT2D eigenvalue weighted by Gasteiger charge is 2.28. The molecule has 2 rings (SSSR count). The van der Waals surface area contributed by atoms with E-state index in [4.69, 9.17) is 4.42 Å². The zero-order valence-corrected chi connectivity index (χ0v) is 11.2. The summed E-state index contributed by atoms with van der Waals surface area (Å²) < 4.78 is 5.36. The maximum Gasteiger partial charge on any atom is 0.133 e. The van der Waals surface area contributed by atoms with Gasteiger partial charge in [0.25, 0.3) is 0 Å². The average molecular weight is 244 g/mol. The summed E-state index contributed by atoms with van der Waals surface area (Å²) in [5.74, 6) is 0.871. The molecule has 18 heavy (non-hydrogen) atoms. The molecule has 2 heteroatoms. The molecule has 0 saturated heterocycles. The lowest BCUT2D eigenvalue weighted by molar-refractivity contribution is 0.0961. The Hall–Kier alpha value is -1.54. The van der Waals surface area contributed by atoms with Gasteiger partial charge < -0.3 is 9.52 Å². The summed E-state index contributed by atoms with van der Waals surface area (Å²) in [7, 11) is 0. The highest BCUT2D eigenvalue weighted by molar-refractivity contribution is 5.57. The highest BCUT2D eigenvalue weighted by atomic mass is 16.3. The third-order valence-electron chi connectivity index (χ3n) is 3.65. The molecule has 2 aromatic rings. The first-order chi connectivity index (χ1) is 8.55. The van der Waals surface area contributed by atoms with E-state index in [-0.39, 0.29) is 11.5 Å². The standard InChI is InChI=1S/C16H20O2/c1-4-15(17)16(2,3)13-9-7-12(8-10-13)14-6-5-11-18-14/h5-11,15,17H,4H2,1-3H3. The van der Waals surface area contributed by atoms with Crippen LogP contribution >= 0.6 is 0 Å². The van der Waals surface area contributed by atoms with E-state index < -0.39 is 0 Å². The fourth-order valence-electron chi connectivity index (χ4n) is 2.21. The Morgan fingerprint density at radius 1 is 1.17 bits per heavy atom. The molecule has 1 N–H and O–H groups in total. The van der Waals surface area contributed by atoms with Gasteiger partial charge in [-0.1, -0.05) is 45.0 Å². The molecule has 2 nitrogen and oxygen atoms in total. The number of aliphatic hydroxyl groups is 1. The van der Waals surface area contributed by atoms with Gasteiger partial charge in [-0.25, -0.2) is 0 Å². The van der Waals surface area contributed by atoms with Crippen LogP contribution in [-0.2, 0) is 5.41 Å². The van der Waals surface area contributed by atoms with Crippen molar-refractivity contribution in [3.05, 3.63) is 48.2 Å². The van der Waals surface area contributed by atoms with E-state index in [1.165, 1.54) is 0 Å². The monoisotopic (exact) mass is 244 g/mol. The third-order valence-corrected chi connectivity index (χ3v) is 3.65. The van der Waals surface area contributed by atoms with Crippen LogP contribution in [-0.4, -0.2) is 11.2 Å². The van der Waals surface area contributed by atoms with Crippen LogP contribution in [0.5, 0.6) is 0 Å². The summed E-state index contributed by atoms with van der Waals surface area (Å²) in [5.41, 5.74) is 1.98. The molecule has 0 fully saturated rings. The predicted molar refractivity (Wildman–Crippen MR) is 73.5 cm³/mol. The van der Waals surface area contributed by atoms with Crippen molar-refractivity contribution in [1.29, 1.82) is 0 Å². The summed E-state index contributed by atoms with van der Waals surface area (Å²) >= 11 is 0. The number of aliphatic hydroxyl groups excluding tert-OH is 1. The minimum absolute atomic E-state index is 0.226. The van der Waals surface area contributed by atoms with Gasteiger partial charge in [0.15, 0.2) is 0 Å². The normalized spacial score (nSPS) is 13.6. The molecule has 1 heterocycles. The first kappa shape index (κ1) is 12.9. The lowest BCUT2D eigenvalue weighted by Crippen LogP contribution is -2.32. The Kier molecular flexibility index (Phi) is 3.58. The lowest BCUT2D eigenvalue weighted by atomic mass is 9.78. The Labute approximate surface area is 108 Å². The van der Waals surface area contributed by atoms with E-state index in [0.717, 1.165) is 23.3 Å². The van der Waals surface area contributed by atoms with Crippen molar-refractivity contribution >= 4 is 0 Å². The van der Waals surface area contributed by atoms with Crippen LogP contribution in [0.2, 0.25) is 0 Å². The fraction of sp³-hybridized carbons (Fsp3) is 0.375. The molecule has 0 saturated carbocycles. The van der Waals surface area contributed by atoms with Gasteiger partial charge in [-0.2, -0.15) is 0 Å². The maximum atomic E-state index is 10.1. The van der Waals surface area contributed by atoms with Crippen LogP contribution in [0.1, 0.15) is 32.8 Å². The predicted octanol–water partition coefficient (Wildman–Crippen LogP) is 4.00. The lowest BCUT2D eigenvalue weighted by Gasteiger charge is -2.30. The van der Waals surface area contributed by atoms with E-state index in [0.29, 0.717) is 0 Å². The molecule has 0 aliphatic rings. The quantitative estimate of drug-likeness (QED) is 0.882. The number of rotatable bonds is 4. The summed E-state index contributed by atoms with van der Waals surface area (Å²) in [6, 6.07) is 12.0. The number of benzene rings is 1. The van der Waals surface area contributed by atoms with Gasteiger partial charge in [0.05, 0.1) is 12.4 Å².